The Labute approximate surface area is 180 Å². The molecule has 1 aromatic heterocycles. The van der Waals surface area contributed by atoms with Gasteiger partial charge in [0, 0.05) is 33.1 Å². The molecule has 2 rings (SSSR count). The highest BCUT2D eigenvalue weighted by molar-refractivity contribution is 7.09. The summed E-state index contributed by atoms with van der Waals surface area (Å²) in [4.78, 5) is 10.8. The average Bonchev–Trinajstić information content (AvgIpc) is 3.18. The minimum absolute atomic E-state index is 0.0140. The van der Waals surface area contributed by atoms with E-state index in [1.54, 1.807) is 31.6 Å². The number of guanidine groups is 1. The van der Waals surface area contributed by atoms with Crippen LogP contribution in [0.15, 0.2) is 34.6 Å². The van der Waals surface area contributed by atoms with Gasteiger partial charge in [-0.2, -0.15) is 13.2 Å². The molecule has 0 saturated carbocycles. The predicted octanol–water partition coefficient (Wildman–Crippen LogP) is 5.07. The molecule has 1 heterocycles. The second kappa shape index (κ2) is 10.8. The molecule has 2 unspecified atom stereocenters. The van der Waals surface area contributed by atoms with Gasteiger partial charge < -0.3 is 15.0 Å². The first-order chi connectivity index (χ1) is 14.2. The summed E-state index contributed by atoms with van der Waals surface area (Å²) in [6, 6.07) is 5.53. The lowest BCUT2D eigenvalue weighted by Gasteiger charge is -2.22. The Kier molecular flexibility index (Phi) is 8.66. The van der Waals surface area contributed by atoms with Crippen molar-refractivity contribution >= 4 is 17.3 Å². The van der Waals surface area contributed by atoms with Gasteiger partial charge in [0.1, 0.15) is 11.1 Å². The third kappa shape index (κ3) is 6.70. The minimum Gasteiger partial charge on any atom is -0.375 e. The van der Waals surface area contributed by atoms with E-state index in [2.05, 4.69) is 15.3 Å². The van der Waals surface area contributed by atoms with Crippen LogP contribution in [0, 0.1) is 0 Å². The number of alkyl halides is 3. The number of aliphatic imine (C=N–C) groups is 1. The number of aromatic nitrogens is 1. The summed E-state index contributed by atoms with van der Waals surface area (Å²) < 4.78 is 44.1. The fourth-order valence-corrected chi connectivity index (χ4v) is 3.82. The van der Waals surface area contributed by atoms with Crippen molar-refractivity contribution in [1.82, 2.24) is 15.2 Å². The first-order valence-corrected chi connectivity index (χ1v) is 10.6. The summed E-state index contributed by atoms with van der Waals surface area (Å²) in [5.41, 5.74) is 1.000. The number of hydrogen-bond acceptors (Lipinski definition) is 4. The number of benzene rings is 1. The summed E-state index contributed by atoms with van der Waals surface area (Å²) in [6.07, 6.45) is -3.68. The van der Waals surface area contributed by atoms with E-state index in [-0.39, 0.29) is 12.0 Å². The SMILES string of the molecule is CN=C(NCCC(C)c1cccc(C(F)(F)F)c1)N(C)Cc1csc(C(C)OC)n1. The largest absolute Gasteiger partial charge is 0.416 e. The predicted molar refractivity (Wildman–Crippen MR) is 115 cm³/mol. The number of ether oxygens (including phenoxy) is 1. The zero-order chi connectivity index (χ0) is 22.3. The number of nitrogens with one attached hydrogen (secondary N) is 1. The van der Waals surface area contributed by atoms with Crippen LogP contribution in [0.25, 0.3) is 0 Å². The summed E-state index contributed by atoms with van der Waals surface area (Å²) >= 11 is 1.56. The van der Waals surface area contributed by atoms with E-state index >= 15 is 0 Å². The highest BCUT2D eigenvalue weighted by atomic mass is 32.1. The lowest BCUT2D eigenvalue weighted by molar-refractivity contribution is -0.137. The molecule has 5 nitrogen and oxygen atoms in total. The number of halogens is 3. The summed E-state index contributed by atoms with van der Waals surface area (Å²) in [5.74, 6) is 0.695. The first kappa shape index (κ1) is 24.1. The van der Waals surface area contributed by atoms with E-state index in [1.807, 2.05) is 31.2 Å². The Morgan fingerprint density at radius 2 is 2.07 bits per heavy atom. The quantitative estimate of drug-likeness (QED) is 0.458. The number of rotatable bonds is 8. The summed E-state index contributed by atoms with van der Waals surface area (Å²) in [5, 5.41) is 6.21. The molecule has 30 heavy (non-hydrogen) atoms. The second-order valence-corrected chi connectivity index (χ2v) is 8.09. The van der Waals surface area contributed by atoms with Crippen molar-refractivity contribution in [2.75, 3.05) is 27.7 Å². The topological polar surface area (TPSA) is 49.8 Å². The molecule has 0 aliphatic carbocycles. The lowest BCUT2D eigenvalue weighted by atomic mass is 9.96. The molecule has 1 N–H and O–H groups in total. The molecule has 0 aliphatic heterocycles. The van der Waals surface area contributed by atoms with Crippen LogP contribution >= 0.6 is 11.3 Å². The molecule has 166 valence electrons. The molecule has 1 aromatic carbocycles. The van der Waals surface area contributed by atoms with Gasteiger partial charge in [0.2, 0.25) is 0 Å². The van der Waals surface area contributed by atoms with Crippen LogP contribution in [0.3, 0.4) is 0 Å². The Hall–Kier alpha value is -2.13. The van der Waals surface area contributed by atoms with Gasteiger partial charge >= 0.3 is 6.18 Å². The number of hydrogen-bond donors (Lipinski definition) is 1. The fraction of sp³-hybridized carbons (Fsp3) is 0.524. The Bertz CT molecular complexity index is 838. The van der Waals surface area contributed by atoms with Gasteiger partial charge in [-0.25, -0.2) is 4.98 Å². The van der Waals surface area contributed by atoms with Crippen molar-refractivity contribution in [3.8, 4) is 0 Å². The van der Waals surface area contributed by atoms with Crippen molar-refractivity contribution in [3.63, 3.8) is 0 Å². The van der Waals surface area contributed by atoms with E-state index in [0.29, 0.717) is 31.0 Å². The third-order valence-corrected chi connectivity index (χ3v) is 5.94. The van der Waals surface area contributed by atoms with E-state index in [9.17, 15) is 13.2 Å². The smallest absolute Gasteiger partial charge is 0.375 e. The standard InChI is InChI=1S/C21H29F3N4OS/c1-14(16-7-6-8-17(11-16)21(22,23)24)9-10-26-20(25-3)28(4)12-18-13-30-19(27-18)15(2)29-5/h6-8,11,13-15H,9-10,12H2,1-5H3,(H,25,26). The molecule has 0 bridgehead atoms. The molecule has 9 heteroatoms. The third-order valence-electron chi connectivity index (χ3n) is 4.89. The maximum absolute atomic E-state index is 12.9. The highest BCUT2D eigenvalue weighted by Gasteiger charge is 2.30. The molecular weight excluding hydrogens is 413 g/mol. The van der Waals surface area contributed by atoms with Crippen LogP contribution < -0.4 is 5.32 Å². The summed E-state index contributed by atoms with van der Waals surface area (Å²) in [6.45, 7) is 5.07. The maximum atomic E-state index is 12.9. The molecule has 0 radical (unpaired) electrons. The Morgan fingerprint density at radius 3 is 2.70 bits per heavy atom. The van der Waals surface area contributed by atoms with Crippen molar-refractivity contribution in [2.24, 2.45) is 4.99 Å². The van der Waals surface area contributed by atoms with Crippen molar-refractivity contribution < 1.29 is 17.9 Å². The highest BCUT2D eigenvalue weighted by Crippen LogP contribution is 2.31. The van der Waals surface area contributed by atoms with Gasteiger partial charge in [0.05, 0.1) is 17.8 Å². The van der Waals surface area contributed by atoms with Crippen LogP contribution in [0.1, 0.15) is 54.1 Å². The van der Waals surface area contributed by atoms with E-state index in [1.165, 1.54) is 12.1 Å². The van der Waals surface area contributed by atoms with Crippen molar-refractivity contribution in [1.29, 1.82) is 0 Å². The van der Waals surface area contributed by atoms with Crippen LogP contribution in [-0.4, -0.2) is 43.6 Å². The molecule has 0 spiro atoms. The molecule has 0 saturated heterocycles. The van der Waals surface area contributed by atoms with Gasteiger partial charge in [-0.05, 0) is 30.9 Å². The lowest BCUT2D eigenvalue weighted by Crippen LogP contribution is -2.39. The first-order valence-electron chi connectivity index (χ1n) is 9.71. The molecular formula is C21H29F3N4OS. The van der Waals surface area contributed by atoms with Crippen molar-refractivity contribution in [2.45, 2.75) is 45.0 Å². The van der Waals surface area contributed by atoms with Gasteiger partial charge in [-0.15, -0.1) is 11.3 Å². The number of nitrogens with zero attached hydrogens (tertiary/aromatic N) is 3. The monoisotopic (exact) mass is 442 g/mol. The van der Waals surface area contributed by atoms with E-state index < -0.39 is 11.7 Å². The Morgan fingerprint density at radius 1 is 1.33 bits per heavy atom. The van der Waals surface area contributed by atoms with E-state index in [4.69, 9.17) is 4.74 Å². The zero-order valence-corrected chi connectivity index (χ0v) is 18.8. The second-order valence-electron chi connectivity index (χ2n) is 7.20. The van der Waals surface area contributed by atoms with Crippen LogP contribution in [0.2, 0.25) is 0 Å². The zero-order valence-electron chi connectivity index (χ0n) is 18.0. The fourth-order valence-electron chi connectivity index (χ4n) is 2.97. The minimum atomic E-state index is -4.32. The molecule has 0 aliphatic rings. The Balaban J connectivity index is 1.88. The number of thiazole rings is 1. The molecule has 2 aromatic rings. The van der Waals surface area contributed by atoms with Gasteiger partial charge in [0.25, 0.3) is 0 Å². The average molecular weight is 443 g/mol. The van der Waals surface area contributed by atoms with Gasteiger partial charge in [0.15, 0.2) is 5.96 Å². The van der Waals surface area contributed by atoms with Crippen LogP contribution in [-0.2, 0) is 17.5 Å². The van der Waals surface area contributed by atoms with Crippen LogP contribution in [0.5, 0.6) is 0 Å². The van der Waals surface area contributed by atoms with Gasteiger partial charge in [-0.3, -0.25) is 4.99 Å². The maximum Gasteiger partial charge on any atom is 0.416 e. The van der Waals surface area contributed by atoms with Crippen LogP contribution in [0.4, 0.5) is 13.2 Å². The number of methoxy groups -OCH3 is 1. The van der Waals surface area contributed by atoms with Gasteiger partial charge in [-0.1, -0.05) is 25.1 Å². The summed E-state index contributed by atoms with van der Waals surface area (Å²) in [7, 11) is 5.28. The molecule has 0 fully saturated rings. The van der Waals surface area contributed by atoms with E-state index in [0.717, 1.165) is 16.8 Å². The molecule has 0 amide bonds. The normalized spacial score (nSPS) is 14.5. The molecule has 2 atom stereocenters. The van der Waals surface area contributed by atoms with Crippen molar-refractivity contribution in [3.05, 3.63) is 51.5 Å².